The molecular weight excluding hydrogens is 276 g/mol. The molecule has 110 valence electrons. The highest BCUT2D eigenvalue weighted by Crippen LogP contribution is 2.17. The lowest BCUT2D eigenvalue weighted by Gasteiger charge is -2.06. The van der Waals surface area contributed by atoms with Crippen molar-refractivity contribution in [1.29, 1.82) is 0 Å². The second-order valence-electron chi connectivity index (χ2n) is 4.92. The molecule has 3 aromatic rings. The summed E-state index contributed by atoms with van der Waals surface area (Å²) in [5.74, 6) is 0.531. The van der Waals surface area contributed by atoms with Gasteiger partial charge in [0.15, 0.2) is 5.82 Å². The first-order valence-corrected chi connectivity index (χ1v) is 7.00. The minimum atomic E-state index is -0.163. The number of aromatic nitrogens is 3. The van der Waals surface area contributed by atoms with E-state index in [1.54, 1.807) is 17.0 Å². The van der Waals surface area contributed by atoms with Gasteiger partial charge in [-0.3, -0.25) is 4.79 Å². The van der Waals surface area contributed by atoms with Crippen LogP contribution in [0.2, 0.25) is 0 Å². The number of rotatable bonds is 4. The van der Waals surface area contributed by atoms with Crippen LogP contribution in [0.25, 0.3) is 16.7 Å². The van der Waals surface area contributed by atoms with Gasteiger partial charge >= 0.3 is 0 Å². The van der Waals surface area contributed by atoms with Gasteiger partial charge in [-0.05, 0) is 25.1 Å². The number of amides is 1. The molecule has 0 aliphatic heterocycles. The van der Waals surface area contributed by atoms with E-state index in [9.17, 15) is 4.79 Å². The maximum atomic E-state index is 12.0. The third-order valence-electron chi connectivity index (χ3n) is 3.46. The molecule has 2 aromatic heterocycles. The van der Waals surface area contributed by atoms with Gasteiger partial charge < -0.3 is 5.32 Å². The Hall–Kier alpha value is -2.95. The second kappa shape index (κ2) is 5.81. The molecule has 3 rings (SSSR count). The van der Waals surface area contributed by atoms with E-state index in [0.717, 1.165) is 16.6 Å². The molecule has 5 heteroatoms. The van der Waals surface area contributed by atoms with Crippen LogP contribution in [0, 0.1) is 6.92 Å². The Morgan fingerprint density at radius 1 is 1.32 bits per heavy atom. The average Bonchev–Trinajstić information content (AvgIpc) is 2.94. The van der Waals surface area contributed by atoms with Crippen molar-refractivity contribution in [3.63, 3.8) is 0 Å². The number of hydrogen-bond donors (Lipinski definition) is 1. The Balaban J connectivity index is 1.99. The first-order valence-electron chi connectivity index (χ1n) is 7.00. The van der Waals surface area contributed by atoms with E-state index < -0.39 is 0 Å². The normalized spacial score (nSPS) is 10.6. The smallest absolute Gasteiger partial charge is 0.255 e. The number of nitrogens with zero attached hydrogens (tertiary/aromatic N) is 3. The van der Waals surface area contributed by atoms with E-state index in [-0.39, 0.29) is 5.91 Å². The summed E-state index contributed by atoms with van der Waals surface area (Å²) >= 11 is 0. The van der Waals surface area contributed by atoms with Crippen molar-refractivity contribution < 1.29 is 4.79 Å². The lowest BCUT2D eigenvalue weighted by atomic mass is 10.2. The molecule has 0 aliphatic rings. The monoisotopic (exact) mass is 292 g/mol. The molecule has 1 amide bonds. The van der Waals surface area contributed by atoms with Crippen LogP contribution in [0.15, 0.2) is 55.3 Å². The molecule has 0 aliphatic carbocycles. The number of carbonyl (C=O) groups excluding carboxylic acids is 1. The fourth-order valence-corrected chi connectivity index (χ4v) is 2.30. The molecule has 0 unspecified atom stereocenters. The van der Waals surface area contributed by atoms with Crippen molar-refractivity contribution in [2.24, 2.45) is 0 Å². The van der Waals surface area contributed by atoms with Gasteiger partial charge in [0.2, 0.25) is 0 Å². The van der Waals surface area contributed by atoms with E-state index in [1.165, 1.54) is 0 Å². The minimum Gasteiger partial charge on any atom is -0.348 e. The molecule has 22 heavy (non-hydrogen) atoms. The summed E-state index contributed by atoms with van der Waals surface area (Å²) < 4.78 is 1.68. The first kappa shape index (κ1) is 14.0. The Morgan fingerprint density at radius 2 is 2.14 bits per heavy atom. The van der Waals surface area contributed by atoms with Gasteiger partial charge in [0.1, 0.15) is 0 Å². The van der Waals surface area contributed by atoms with Crippen molar-refractivity contribution in [2.45, 2.75) is 6.92 Å². The molecule has 0 fully saturated rings. The lowest BCUT2D eigenvalue weighted by molar-refractivity contribution is 0.0957. The van der Waals surface area contributed by atoms with Crippen molar-refractivity contribution >= 4 is 16.8 Å². The quantitative estimate of drug-likeness (QED) is 0.752. The van der Waals surface area contributed by atoms with E-state index in [0.29, 0.717) is 17.9 Å². The Kier molecular flexibility index (Phi) is 3.70. The van der Waals surface area contributed by atoms with Gasteiger partial charge in [0.05, 0.1) is 23.0 Å². The van der Waals surface area contributed by atoms with Crippen LogP contribution in [-0.2, 0) is 0 Å². The molecule has 2 heterocycles. The Bertz CT molecular complexity index is 851. The molecular formula is C17H16N4O. The van der Waals surface area contributed by atoms with E-state index in [1.807, 2.05) is 43.3 Å². The number of benzene rings is 1. The van der Waals surface area contributed by atoms with Crippen molar-refractivity contribution in [1.82, 2.24) is 20.1 Å². The average molecular weight is 292 g/mol. The standard InChI is InChI=1S/C17H16N4O/c1-3-10-18-17(22)14-11-19-21(12(14)2)16-9-8-13-6-4-5-7-15(13)20-16/h3-9,11H,1,10H2,2H3,(H,18,22). The van der Waals surface area contributed by atoms with Crippen molar-refractivity contribution in [2.75, 3.05) is 6.54 Å². The number of fused-ring (bicyclic) bond motifs is 1. The zero-order valence-electron chi connectivity index (χ0n) is 12.3. The first-order chi connectivity index (χ1) is 10.7. The highest BCUT2D eigenvalue weighted by atomic mass is 16.1. The molecule has 0 bridgehead atoms. The maximum absolute atomic E-state index is 12.0. The highest BCUT2D eigenvalue weighted by molar-refractivity contribution is 5.95. The van der Waals surface area contributed by atoms with Crippen LogP contribution in [0.4, 0.5) is 0 Å². The summed E-state index contributed by atoms with van der Waals surface area (Å²) in [5, 5.41) is 8.11. The largest absolute Gasteiger partial charge is 0.348 e. The molecule has 5 nitrogen and oxygen atoms in total. The summed E-state index contributed by atoms with van der Waals surface area (Å²) in [4.78, 5) is 16.6. The zero-order chi connectivity index (χ0) is 15.5. The van der Waals surface area contributed by atoms with Gasteiger partial charge in [0, 0.05) is 11.9 Å². The SMILES string of the molecule is C=CCNC(=O)c1cnn(-c2ccc3ccccc3n2)c1C. The third-order valence-corrected chi connectivity index (χ3v) is 3.46. The van der Waals surface area contributed by atoms with Gasteiger partial charge in [0.25, 0.3) is 5.91 Å². The van der Waals surface area contributed by atoms with Crippen molar-refractivity contribution in [3.8, 4) is 5.82 Å². The molecule has 1 N–H and O–H groups in total. The van der Waals surface area contributed by atoms with E-state index in [2.05, 4.69) is 22.0 Å². The minimum absolute atomic E-state index is 0.163. The van der Waals surface area contributed by atoms with Crippen LogP contribution < -0.4 is 5.32 Å². The van der Waals surface area contributed by atoms with Gasteiger partial charge in [-0.1, -0.05) is 24.3 Å². The molecule has 0 saturated heterocycles. The summed E-state index contributed by atoms with van der Waals surface area (Å²) in [6, 6.07) is 11.8. The number of para-hydroxylation sites is 1. The predicted octanol–water partition coefficient (Wildman–Crippen LogP) is 2.64. The zero-order valence-corrected chi connectivity index (χ0v) is 12.3. The fourth-order valence-electron chi connectivity index (χ4n) is 2.30. The second-order valence-corrected chi connectivity index (χ2v) is 4.92. The summed E-state index contributed by atoms with van der Waals surface area (Å²) in [7, 11) is 0. The molecule has 1 aromatic carbocycles. The number of carbonyl (C=O) groups is 1. The number of pyridine rings is 1. The lowest BCUT2D eigenvalue weighted by Crippen LogP contribution is -2.23. The van der Waals surface area contributed by atoms with Crippen LogP contribution >= 0.6 is 0 Å². The van der Waals surface area contributed by atoms with Gasteiger partial charge in [-0.25, -0.2) is 9.67 Å². The summed E-state index contributed by atoms with van der Waals surface area (Å²) in [6.07, 6.45) is 3.20. The Labute approximate surface area is 128 Å². The summed E-state index contributed by atoms with van der Waals surface area (Å²) in [5.41, 5.74) is 2.19. The number of nitrogens with one attached hydrogen (secondary N) is 1. The van der Waals surface area contributed by atoms with E-state index >= 15 is 0 Å². The maximum Gasteiger partial charge on any atom is 0.255 e. The van der Waals surface area contributed by atoms with Gasteiger partial charge in [-0.15, -0.1) is 6.58 Å². The molecule has 0 saturated carbocycles. The third kappa shape index (κ3) is 2.48. The van der Waals surface area contributed by atoms with Crippen LogP contribution in [0.3, 0.4) is 0 Å². The van der Waals surface area contributed by atoms with E-state index in [4.69, 9.17) is 0 Å². The molecule has 0 atom stereocenters. The number of hydrogen-bond acceptors (Lipinski definition) is 3. The fraction of sp³-hybridized carbons (Fsp3) is 0.118. The van der Waals surface area contributed by atoms with Crippen molar-refractivity contribution in [3.05, 3.63) is 66.5 Å². The van der Waals surface area contributed by atoms with Gasteiger partial charge in [-0.2, -0.15) is 5.10 Å². The molecule has 0 spiro atoms. The predicted molar refractivity (Wildman–Crippen MR) is 86.1 cm³/mol. The van der Waals surface area contributed by atoms with Crippen LogP contribution in [-0.4, -0.2) is 27.2 Å². The van der Waals surface area contributed by atoms with Crippen LogP contribution in [0.1, 0.15) is 16.1 Å². The van der Waals surface area contributed by atoms with Crippen LogP contribution in [0.5, 0.6) is 0 Å². The topological polar surface area (TPSA) is 59.8 Å². The highest BCUT2D eigenvalue weighted by Gasteiger charge is 2.15. The summed E-state index contributed by atoms with van der Waals surface area (Å²) in [6.45, 7) is 5.87. The Morgan fingerprint density at radius 3 is 2.95 bits per heavy atom. The molecule has 0 radical (unpaired) electrons.